The highest BCUT2D eigenvalue weighted by atomic mass is 35.5. The van der Waals surface area contributed by atoms with Gasteiger partial charge in [-0.1, -0.05) is 31.4 Å². The number of carbonyl (C=O) groups excluding carboxylic acids is 1. The molecule has 1 aromatic heterocycles. The third-order valence-electron chi connectivity index (χ3n) is 2.45. The zero-order valence-electron chi connectivity index (χ0n) is 9.85. The van der Waals surface area contributed by atoms with Crippen LogP contribution in [-0.4, -0.2) is 10.8 Å². The number of unbranched alkanes of at least 4 members (excludes halogenated alkanes) is 2. The van der Waals surface area contributed by atoms with Crippen LogP contribution in [0.4, 0.5) is 13.2 Å². The molecule has 0 saturated carbocycles. The summed E-state index contributed by atoms with van der Waals surface area (Å²) in [4.78, 5) is 14.9. The standard InChI is InChI=1S/C12H13ClF3NO/c1-2-3-4-5-9(18)8-6-7-10(12(14,15)16)17-11(8)13/h6-7H,2-5H2,1H3. The number of halogens is 4. The summed E-state index contributed by atoms with van der Waals surface area (Å²) in [6, 6.07) is 1.87. The summed E-state index contributed by atoms with van der Waals surface area (Å²) in [7, 11) is 0. The van der Waals surface area contributed by atoms with E-state index in [1.165, 1.54) is 0 Å². The molecule has 0 spiro atoms. The van der Waals surface area contributed by atoms with Crippen LogP contribution in [0.5, 0.6) is 0 Å². The van der Waals surface area contributed by atoms with Crippen LogP contribution in [0.3, 0.4) is 0 Å². The van der Waals surface area contributed by atoms with Crippen LogP contribution >= 0.6 is 11.6 Å². The first kappa shape index (κ1) is 15.0. The second kappa shape index (κ2) is 6.18. The summed E-state index contributed by atoms with van der Waals surface area (Å²) in [6.45, 7) is 2.00. The van der Waals surface area contributed by atoms with Crippen molar-refractivity contribution in [3.63, 3.8) is 0 Å². The summed E-state index contributed by atoms with van der Waals surface area (Å²) in [6.07, 6.45) is -1.70. The smallest absolute Gasteiger partial charge is 0.294 e. The lowest BCUT2D eigenvalue weighted by molar-refractivity contribution is -0.141. The van der Waals surface area contributed by atoms with Gasteiger partial charge in [0.1, 0.15) is 10.8 Å². The molecule has 0 amide bonds. The van der Waals surface area contributed by atoms with Crippen LogP contribution in [0, 0.1) is 0 Å². The molecule has 0 aliphatic rings. The van der Waals surface area contributed by atoms with E-state index in [1.54, 1.807) is 0 Å². The number of hydrogen-bond acceptors (Lipinski definition) is 2. The van der Waals surface area contributed by atoms with Crippen LogP contribution < -0.4 is 0 Å². The van der Waals surface area contributed by atoms with E-state index in [4.69, 9.17) is 11.6 Å². The number of alkyl halides is 3. The van der Waals surface area contributed by atoms with Crippen molar-refractivity contribution >= 4 is 17.4 Å². The summed E-state index contributed by atoms with van der Waals surface area (Å²) in [5, 5.41) is -0.383. The summed E-state index contributed by atoms with van der Waals surface area (Å²) >= 11 is 5.61. The highest BCUT2D eigenvalue weighted by Gasteiger charge is 2.33. The van der Waals surface area contributed by atoms with Crippen molar-refractivity contribution in [2.75, 3.05) is 0 Å². The molecule has 0 fully saturated rings. The molecule has 0 bridgehead atoms. The molecule has 100 valence electrons. The quantitative estimate of drug-likeness (QED) is 0.451. The molecule has 2 nitrogen and oxygen atoms in total. The normalized spacial score (nSPS) is 11.6. The number of pyridine rings is 1. The van der Waals surface area contributed by atoms with Gasteiger partial charge in [0.25, 0.3) is 0 Å². The zero-order valence-corrected chi connectivity index (χ0v) is 10.6. The van der Waals surface area contributed by atoms with Crippen LogP contribution in [0.1, 0.15) is 48.7 Å². The van der Waals surface area contributed by atoms with Gasteiger partial charge in [-0.3, -0.25) is 4.79 Å². The fraction of sp³-hybridized carbons (Fsp3) is 0.500. The monoisotopic (exact) mass is 279 g/mol. The Labute approximate surface area is 108 Å². The maximum Gasteiger partial charge on any atom is 0.433 e. The SMILES string of the molecule is CCCCCC(=O)c1ccc(C(F)(F)F)nc1Cl. The van der Waals surface area contributed by atoms with Crippen LogP contribution in [0.2, 0.25) is 5.15 Å². The Morgan fingerprint density at radius 2 is 2.00 bits per heavy atom. The number of hydrogen-bond donors (Lipinski definition) is 0. The van der Waals surface area contributed by atoms with Gasteiger partial charge in [0.2, 0.25) is 0 Å². The lowest BCUT2D eigenvalue weighted by Gasteiger charge is -2.08. The fourth-order valence-corrected chi connectivity index (χ4v) is 1.73. The third-order valence-corrected chi connectivity index (χ3v) is 2.74. The molecule has 0 N–H and O–H groups in total. The Morgan fingerprint density at radius 1 is 1.33 bits per heavy atom. The lowest BCUT2D eigenvalue weighted by atomic mass is 10.1. The van der Waals surface area contributed by atoms with Crippen LogP contribution in [-0.2, 0) is 6.18 Å². The average Bonchev–Trinajstić information content (AvgIpc) is 2.27. The average molecular weight is 280 g/mol. The number of carbonyl (C=O) groups is 1. The first-order valence-corrected chi connectivity index (χ1v) is 6.01. The van der Waals surface area contributed by atoms with Crippen molar-refractivity contribution in [3.8, 4) is 0 Å². The first-order chi connectivity index (χ1) is 8.36. The second-order valence-corrected chi connectivity index (χ2v) is 4.27. The molecule has 0 aliphatic carbocycles. The minimum Gasteiger partial charge on any atom is -0.294 e. The van der Waals surface area contributed by atoms with E-state index in [9.17, 15) is 18.0 Å². The molecule has 0 unspecified atom stereocenters. The molecule has 0 radical (unpaired) electrons. The molecule has 1 rings (SSSR count). The first-order valence-electron chi connectivity index (χ1n) is 5.63. The highest BCUT2D eigenvalue weighted by molar-refractivity contribution is 6.32. The van der Waals surface area contributed by atoms with Crippen LogP contribution in [0.25, 0.3) is 0 Å². The second-order valence-electron chi connectivity index (χ2n) is 3.91. The van der Waals surface area contributed by atoms with Crippen molar-refractivity contribution in [2.24, 2.45) is 0 Å². The molecule has 0 aliphatic heterocycles. The maximum absolute atomic E-state index is 12.3. The third kappa shape index (κ3) is 3.98. The van der Waals surface area contributed by atoms with Crippen molar-refractivity contribution < 1.29 is 18.0 Å². The maximum atomic E-state index is 12.3. The number of nitrogens with zero attached hydrogens (tertiary/aromatic N) is 1. The van der Waals surface area contributed by atoms with Crippen molar-refractivity contribution in [3.05, 3.63) is 28.5 Å². The number of aromatic nitrogens is 1. The Hall–Kier alpha value is -1.10. The Bertz CT molecular complexity index is 432. The van der Waals surface area contributed by atoms with Gasteiger partial charge in [-0.2, -0.15) is 13.2 Å². The van der Waals surface area contributed by atoms with Gasteiger partial charge < -0.3 is 0 Å². The van der Waals surface area contributed by atoms with E-state index < -0.39 is 11.9 Å². The fourth-order valence-electron chi connectivity index (χ4n) is 1.47. The number of ketones is 1. The van der Waals surface area contributed by atoms with E-state index in [1.807, 2.05) is 6.92 Å². The van der Waals surface area contributed by atoms with Crippen LogP contribution in [0.15, 0.2) is 12.1 Å². The summed E-state index contributed by atoms with van der Waals surface area (Å²) in [5.74, 6) is -0.269. The highest BCUT2D eigenvalue weighted by Crippen LogP contribution is 2.29. The molecular weight excluding hydrogens is 267 g/mol. The minimum atomic E-state index is -4.55. The van der Waals surface area contributed by atoms with Gasteiger partial charge >= 0.3 is 6.18 Å². The van der Waals surface area contributed by atoms with Gasteiger partial charge in [-0.05, 0) is 18.6 Å². The molecular formula is C12H13ClF3NO. The molecule has 0 atom stereocenters. The van der Waals surface area contributed by atoms with E-state index in [0.717, 1.165) is 25.0 Å². The van der Waals surface area contributed by atoms with E-state index in [2.05, 4.69) is 4.98 Å². The number of Topliss-reactive ketones (excluding diaryl/α,β-unsaturated/α-hetero) is 1. The van der Waals surface area contributed by atoms with Gasteiger partial charge in [0, 0.05) is 6.42 Å². The Morgan fingerprint density at radius 3 is 2.50 bits per heavy atom. The molecule has 6 heteroatoms. The molecule has 18 heavy (non-hydrogen) atoms. The molecule has 1 heterocycles. The van der Waals surface area contributed by atoms with Gasteiger partial charge in [-0.25, -0.2) is 4.98 Å². The Balaban J connectivity index is 2.82. The van der Waals surface area contributed by atoms with Crippen molar-refractivity contribution in [1.82, 2.24) is 4.98 Å². The van der Waals surface area contributed by atoms with Gasteiger partial charge in [0.05, 0.1) is 5.56 Å². The largest absolute Gasteiger partial charge is 0.433 e. The molecule has 0 saturated heterocycles. The summed E-state index contributed by atoms with van der Waals surface area (Å²) in [5.41, 5.74) is -1.03. The topological polar surface area (TPSA) is 30.0 Å². The number of rotatable bonds is 5. The van der Waals surface area contributed by atoms with E-state index >= 15 is 0 Å². The minimum absolute atomic E-state index is 0.0563. The van der Waals surface area contributed by atoms with E-state index in [-0.39, 0.29) is 22.9 Å². The zero-order chi connectivity index (χ0) is 13.8. The summed E-state index contributed by atoms with van der Waals surface area (Å²) < 4.78 is 37.0. The predicted molar refractivity (Wildman–Crippen MR) is 62.7 cm³/mol. The lowest BCUT2D eigenvalue weighted by Crippen LogP contribution is -2.10. The molecule has 1 aromatic rings. The van der Waals surface area contributed by atoms with Crippen molar-refractivity contribution in [1.29, 1.82) is 0 Å². The van der Waals surface area contributed by atoms with Gasteiger partial charge in [0.15, 0.2) is 5.78 Å². The molecule has 0 aromatic carbocycles. The Kier molecular flexibility index (Phi) is 5.14. The predicted octanol–water partition coefficient (Wildman–Crippen LogP) is 4.52. The van der Waals surface area contributed by atoms with Gasteiger partial charge in [-0.15, -0.1) is 0 Å². The van der Waals surface area contributed by atoms with E-state index in [0.29, 0.717) is 6.42 Å². The van der Waals surface area contributed by atoms with Crippen molar-refractivity contribution in [2.45, 2.75) is 38.8 Å².